The van der Waals surface area contributed by atoms with E-state index in [2.05, 4.69) is 5.32 Å². The second-order valence-corrected chi connectivity index (χ2v) is 7.35. The SMILES string of the molecule is COc1cccc([C@@H](C)NC(=O)c2sc3cc(OC)c(OC)cc3c2Cl)c1. The van der Waals surface area contributed by atoms with E-state index in [1.54, 1.807) is 27.4 Å². The molecule has 0 aliphatic heterocycles. The predicted molar refractivity (Wildman–Crippen MR) is 109 cm³/mol. The first-order valence-corrected chi connectivity index (χ1v) is 9.46. The number of halogens is 1. The molecule has 7 heteroatoms. The summed E-state index contributed by atoms with van der Waals surface area (Å²) in [5, 5.41) is 4.16. The van der Waals surface area contributed by atoms with Gasteiger partial charge in [-0.3, -0.25) is 4.79 Å². The standard InChI is InChI=1S/C20H20ClNO4S/c1-11(12-6-5-7-13(8-12)24-2)22-20(23)19-18(21)14-9-15(25-3)16(26-4)10-17(14)27-19/h5-11H,1-4H3,(H,22,23)/t11-/m1/s1. The molecule has 142 valence electrons. The third kappa shape index (κ3) is 3.82. The van der Waals surface area contributed by atoms with Crippen molar-refractivity contribution in [3.8, 4) is 17.2 Å². The minimum atomic E-state index is -0.227. The first-order chi connectivity index (χ1) is 13.0. The van der Waals surface area contributed by atoms with Crippen LogP contribution in [0.2, 0.25) is 5.02 Å². The molecular weight excluding hydrogens is 386 g/mol. The maximum atomic E-state index is 12.8. The molecule has 0 bridgehead atoms. The number of ether oxygens (including phenoxy) is 3. The Morgan fingerprint density at radius 2 is 1.78 bits per heavy atom. The third-order valence-corrected chi connectivity index (χ3v) is 5.94. The molecule has 1 aromatic heterocycles. The first-order valence-electron chi connectivity index (χ1n) is 8.27. The molecule has 3 aromatic rings. The minimum absolute atomic E-state index is 0.196. The van der Waals surface area contributed by atoms with Gasteiger partial charge in [-0.1, -0.05) is 23.7 Å². The van der Waals surface area contributed by atoms with Crippen LogP contribution in [-0.4, -0.2) is 27.2 Å². The number of hydrogen-bond acceptors (Lipinski definition) is 5. The number of rotatable bonds is 6. The van der Waals surface area contributed by atoms with Crippen molar-refractivity contribution in [1.29, 1.82) is 0 Å². The van der Waals surface area contributed by atoms with E-state index in [0.29, 0.717) is 21.4 Å². The highest BCUT2D eigenvalue weighted by molar-refractivity contribution is 7.21. The van der Waals surface area contributed by atoms with Crippen molar-refractivity contribution in [2.24, 2.45) is 0 Å². The maximum absolute atomic E-state index is 12.8. The van der Waals surface area contributed by atoms with Crippen LogP contribution < -0.4 is 19.5 Å². The highest BCUT2D eigenvalue weighted by Gasteiger charge is 2.21. The molecule has 0 aliphatic rings. The molecule has 5 nitrogen and oxygen atoms in total. The smallest absolute Gasteiger partial charge is 0.263 e. The van der Waals surface area contributed by atoms with E-state index in [-0.39, 0.29) is 11.9 Å². The normalized spacial score (nSPS) is 11.9. The molecule has 1 amide bonds. The lowest BCUT2D eigenvalue weighted by atomic mass is 10.1. The summed E-state index contributed by atoms with van der Waals surface area (Å²) in [5.41, 5.74) is 0.947. The fraction of sp³-hybridized carbons (Fsp3) is 0.250. The van der Waals surface area contributed by atoms with Gasteiger partial charge in [0.05, 0.1) is 32.4 Å². The number of fused-ring (bicyclic) bond motifs is 1. The van der Waals surface area contributed by atoms with E-state index >= 15 is 0 Å². The van der Waals surface area contributed by atoms with Gasteiger partial charge in [0.1, 0.15) is 10.6 Å². The quantitative estimate of drug-likeness (QED) is 0.621. The van der Waals surface area contributed by atoms with E-state index in [1.807, 2.05) is 37.3 Å². The Hall–Kier alpha value is -2.44. The Morgan fingerprint density at radius 3 is 2.44 bits per heavy atom. The van der Waals surface area contributed by atoms with Crippen LogP contribution >= 0.6 is 22.9 Å². The average Bonchev–Trinajstić information content (AvgIpc) is 3.02. The fourth-order valence-electron chi connectivity index (χ4n) is 2.80. The van der Waals surface area contributed by atoms with Gasteiger partial charge in [-0.05, 0) is 30.7 Å². The summed E-state index contributed by atoms with van der Waals surface area (Å²) < 4.78 is 16.7. The number of benzene rings is 2. The van der Waals surface area contributed by atoms with Gasteiger partial charge in [0.15, 0.2) is 11.5 Å². The van der Waals surface area contributed by atoms with Crippen LogP contribution in [0.15, 0.2) is 36.4 Å². The Balaban J connectivity index is 1.90. The summed E-state index contributed by atoms with van der Waals surface area (Å²) in [5.74, 6) is 1.68. The largest absolute Gasteiger partial charge is 0.497 e. The molecular formula is C20H20ClNO4S. The molecule has 0 fully saturated rings. The molecule has 0 saturated carbocycles. The second-order valence-electron chi connectivity index (χ2n) is 5.92. The molecule has 1 N–H and O–H groups in total. The molecule has 1 heterocycles. The number of nitrogens with one attached hydrogen (secondary N) is 1. The molecule has 0 radical (unpaired) electrons. The number of carbonyl (C=O) groups excluding carboxylic acids is 1. The van der Waals surface area contributed by atoms with Crippen molar-refractivity contribution < 1.29 is 19.0 Å². The third-order valence-electron chi connectivity index (χ3n) is 4.28. The number of methoxy groups -OCH3 is 3. The Bertz CT molecular complexity index is 986. The molecule has 27 heavy (non-hydrogen) atoms. The number of amides is 1. The fourth-order valence-corrected chi connectivity index (χ4v) is 4.22. The Morgan fingerprint density at radius 1 is 1.07 bits per heavy atom. The summed E-state index contributed by atoms with van der Waals surface area (Å²) in [6.45, 7) is 1.92. The van der Waals surface area contributed by atoms with Gasteiger partial charge in [-0.15, -0.1) is 11.3 Å². The first kappa shape index (κ1) is 19.3. The summed E-state index contributed by atoms with van der Waals surface area (Å²) in [4.78, 5) is 13.3. The monoisotopic (exact) mass is 405 g/mol. The van der Waals surface area contributed by atoms with Crippen LogP contribution in [0.3, 0.4) is 0 Å². The highest BCUT2D eigenvalue weighted by atomic mass is 35.5. The lowest BCUT2D eigenvalue weighted by Gasteiger charge is -2.14. The summed E-state index contributed by atoms with van der Waals surface area (Å²) >= 11 is 7.81. The number of thiophene rings is 1. The van der Waals surface area contributed by atoms with Crippen LogP contribution in [0.1, 0.15) is 28.2 Å². The molecule has 0 aliphatic carbocycles. The van der Waals surface area contributed by atoms with Crippen molar-refractivity contribution in [1.82, 2.24) is 5.32 Å². The van der Waals surface area contributed by atoms with E-state index in [1.165, 1.54) is 11.3 Å². The average molecular weight is 406 g/mol. The molecule has 0 unspecified atom stereocenters. The predicted octanol–water partition coefficient (Wildman–Crippen LogP) is 5.07. The van der Waals surface area contributed by atoms with Gasteiger partial charge in [-0.25, -0.2) is 0 Å². The van der Waals surface area contributed by atoms with E-state index < -0.39 is 0 Å². The van der Waals surface area contributed by atoms with Gasteiger partial charge in [0, 0.05) is 16.2 Å². The molecule has 1 atom stereocenters. The van der Waals surface area contributed by atoms with Crippen LogP contribution in [0, 0.1) is 0 Å². The van der Waals surface area contributed by atoms with Crippen molar-refractivity contribution in [2.45, 2.75) is 13.0 Å². The van der Waals surface area contributed by atoms with Gasteiger partial charge in [0.2, 0.25) is 0 Å². The van der Waals surface area contributed by atoms with Gasteiger partial charge in [-0.2, -0.15) is 0 Å². The zero-order chi connectivity index (χ0) is 19.6. The van der Waals surface area contributed by atoms with E-state index in [4.69, 9.17) is 25.8 Å². The highest BCUT2D eigenvalue weighted by Crippen LogP contribution is 2.41. The molecule has 0 spiro atoms. The van der Waals surface area contributed by atoms with Gasteiger partial charge < -0.3 is 19.5 Å². The van der Waals surface area contributed by atoms with Gasteiger partial charge >= 0.3 is 0 Å². The van der Waals surface area contributed by atoms with Crippen molar-refractivity contribution in [3.05, 3.63) is 51.9 Å². The van der Waals surface area contributed by atoms with Crippen LogP contribution in [0.5, 0.6) is 17.2 Å². The van der Waals surface area contributed by atoms with Crippen LogP contribution in [0.4, 0.5) is 0 Å². The number of hydrogen-bond donors (Lipinski definition) is 1. The van der Waals surface area contributed by atoms with Crippen molar-refractivity contribution in [2.75, 3.05) is 21.3 Å². The molecule has 0 saturated heterocycles. The Labute approximate surface area is 166 Å². The Kier molecular flexibility index (Phi) is 5.77. The number of carbonyl (C=O) groups is 1. The van der Waals surface area contributed by atoms with Crippen molar-refractivity contribution in [3.63, 3.8) is 0 Å². The zero-order valence-corrected chi connectivity index (χ0v) is 17.0. The molecule has 2 aromatic carbocycles. The van der Waals surface area contributed by atoms with E-state index in [9.17, 15) is 4.79 Å². The summed E-state index contributed by atoms with van der Waals surface area (Å²) in [6, 6.07) is 11.0. The van der Waals surface area contributed by atoms with Gasteiger partial charge in [0.25, 0.3) is 5.91 Å². The zero-order valence-electron chi connectivity index (χ0n) is 15.5. The topological polar surface area (TPSA) is 56.8 Å². The summed E-state index contributed by atoms with van der Waals surface area (Å²) in [7, 11) is 4.75. The lowest BCUT2D eigenvalue weighted by molar-refractivity contribution is 0.0944. The maximum Gasteiger partial charge on any atom is 0.263 e. The van der Waals surface area contributed by atoms with Crippen molar-refractivity contribution >= 4 is 38.9 Å². The summed E-state index contributed by atoms with van der Waals surface area (Å²) in [6.07, 6.45) is 0. The lowest BCUT2D eigenvalue weighted by Crippen LogP contribution is -2.26. The van der Waals surface area contributed by atoms with Crippen LogP contribution in [-0.2, 0) is 0 Å². The van der Waals surface area contributed by atoms with Crippen LogP contribution in [0.25, 0.3) is 10.1 Å². The second kappa shape index (κ2) is 8.06. The minimum Gasteiger partial charge on any atom is -0.497 e. The van der Waals surface area contributed by atoms with E-state index in [0.717, 1.165) is 21.4 Å². The molecule has 3 rings (SSSR count).